The summed E-state index contributed by atoms with van der Waals surface area (Å²) in [6.45, 7) is 5.86. The topological polar surface area (TPSA) is 67.2 Å². The van der Waals surface area contributed by atoms with Gasteiger partial charge in [0.05, 0.1) is 4.92 Å². The lowest BCUT2D eigenvalue weighted by Crippen LogP contribution is -2.20. The van der Waals surface area contributed by atoms with Gasteiger partial charge in [-0.15, -0.1) is 0 Å². The lowest BCUT2D eigenvalue weighted by molar-refractivity contribution is -0.384. The molecule has 2 aromatic rings. The highest BCUT2D eigenvalue weighted by Crippen LogP contribution is 2.22. The summed E-state index contributed by atoms with van der Waals surface area (Å²) in [6.07, 6.45) is 0. The number of non-ortho nitro benzene ring substituents is 1. The number of nitrogens with zero attached hydrogens (tertiary/aromatic N) is 1. The van der Waals surface area contributed by atoms with Crippen LogP contribution in [0.5, 0.6) is 0 Å². The minimum Gasteiger partial charge on any atom is -0.332 e. The summed E-state index contributed by atoms with van der Waals surface area (Å²) < 4.78 is 0. The Kier molecular flexibility index (Phi) is 4.72. The third-order valence-corrected chi connectivity index (χ3v) is 3.53. The molecule has 0 saturated carbocycles. The molecule has 0 heterocycles. The molecule has 0 aliphatic carbocycles. The van der Waals surface area contributed by atoms with Crippen LogP contribution in [0.25, 0.3) is 0 Å². The maximum absolute atomic E-state index is 10.9. The predicted octanol–water partition coefficient (Wildman–Crippen LogP) is 4.33. The van der Waals surface area contributed by atoms with Crippen molar-refractivity contribution in [3.63, 3.8) is 0 Å². The van der Waals surface area contributed by atoms with Gasteiger partial charge in [-0.1, -0.05) is 18.2 Å². The van der Waals surface area contributed by atoms with Crippen molar-refractivity contribution in [2.24, 2.45) is 0 Å². The third-order valence-electron chi connectivity index (χ3n) is 3.32. The summed E-state index contributed by atoms with van der Waals surface area (Å²) in [7, 11) is 0. The predicted molar refractivity (Wildman–Crippen MR) is 93.6 cm³/mol. The van der Waals surface area contributed by atoms with Crippen molar-refractivity contribution >= 4 is 34.4 Å². The van der Waals surface area contributed by atoms with E-state index in [9.17, 15) is 10.1 Å². The average Bonchev–Trinajstić information content (AvgIpc) is 2.45. The molecule has 114 valence electrons. The van der Waals surface area contributed by atoms with E-state index >= 15 is 0 Å². The zero-order chi connectivity index (χ0) is 16.3. The highest BCUT2D eigenvalue weighted by Gasteiger charge is 2.10. The Morgan fingerprint density at radius 2 is 1.55 bits per heavy atom. The van der Waals surface area contributed by atoms with Gasteiger partial charge in [-0.3, -0.25) is 10.1 Å². The van der Waals surface area contributed by atoms with E-state index in [1.165, 1.54) is 12.1 Å². The number of nitro benzene ring substituents is 1. The Morgan fingerprint density at radius 1 is 1.00 bits per heavy atom. The van der Waals surface area contributed by atoms with Gasteiger partial charge >= 0.3 is 0 Å². The summed E-state index contributed by atoms with van der Waals surface area (Å²) >= 11 is 5.30. The highest BCUT2D eigenvalue weighted by atomic mass is 32.1. The van der Waals surface area contributed by atoms with Gasteiger partial charge in [-0.05, 0) is 55.7 Å². The molecule has 6 heteroatoms. The molecule has 0 aromatic heterocycles. The van der Waals surface area contributed by atoms with Crippen LogP contribution >= 0.6 is 12.2 Å². The maximum atomic E-state index is 10.9. The summed E-state index contributed by atoms with van der Waals surface area (Å²) in [5.74, 6) is 0. The molecule has 0 aliphatic heterocycles. The summed E-state index contributed by atoms with van der Waals surface area (Å²) in [5.41, 5.74) is 4.66. The molecule has 2 aromatic carbocycles. The minimum absolute atomic E-state index is 0.0302. The fourth-order valence-electron chi connectivity index (χ4n) is 2.00. The fraction of sp³-hybridized carbons (Fsp3) is 0.188. The number of hydrogen-bond acceptors (Lipinski definition) is 3. The van der Waals surface area contributed by atoms with Crippen molar-refractivity contribution in [3.05, 3.63) is 63.2 Å². The first-order valence-corrected chi connectivity index (χ1v) is 7.18. The molecule has 0 radical (unpaired) electrons. The second-order valence-corrected chi connectivity index (χ2v) is 5.56. The maximum Gasteiger partial charge on any atom is 0.271 e. The molecule has 0 spiro atoms. The SMILES string of the molecule is Cc1ccc(C)c(NC(=S)Nc2cc([N+](=O)[O-])ccc2C)c1. The summed E-state index contributed by atoms with van der Waals surface area (Å²) in [5, 5.41) is 17.4. The molecule has 2 N–H and O–H groups in total. The highest BCUT2D eigenvalue weighted by molar-refractivity contribution is 7.80. The smallest absolute Gasteiger partial charge is 0.271 e. The van der Waals surface area contributed by atoms with Gasteiger partial charge in [0.1, 0.15) is 0 Å². The van der Waals surface area contributed by atoms with Crippen LogP contribution in [0.2, 0.25) is 0 Å². The monoisotopic (exact) mass is 315 g/mol. The van der Waals surface area contributed by atoms with Crippen molar-refractivity contribution in [2.75, 3.05) is 10.6 Å². The quantitative estimate of drug-likeness (QED) is 0.501. The van der Waals surface area contributed by atoms with E-state index < -0.39 is 4.92 Å². The third kappa shape index (κ3) is 3.79. The van der Waals surface area contributed by atoms with Crippen molar-refractivity contribution in [1.29, 1.82) is 0 Å². The summed E-state index contributed by atoms with van der Waals surface area (Å²) in [4.78, 5) is 10.4. The van der Waals surface area contributed by atoms with Crippen LogP contribution in [0.15, 0.2) is 36.4 Å². The number of nitrogens with one attached hydrogen (secondary N) is 2. The van der Waals surface area contributed by atoms with E-state index in [1.807, 2.05) is 39.0 Å². The molecule has 0 unspecified atom stereocenters. The molecule has 5 nitrogen and oxygen atoms in total. The van der Waals surface area contributed by atoms with Crippen LogP contribution in [0.1, 0.15) is 16.7 Å². The first-order valence-electron chi connectivity index (χ1n) is 6.77. The average molecular weight is 315 g/mol. The molecule has 0 bridgehead atoms. The van der Waals surface area contributed by atoms with Gasteiger partial charge in [0.25, 0.3) is 5.69 Å². The van der Waals surface area contributed by atoms with Gasteiger partial charge < -0.3 is 10.6 Å². The second kappa shape index (κ2) is 6.53. The van der Waals surface area contributed by atoms with Gasteiger partial charge in [0.15, 0.2) is 5.11 Å². The zero-order valence-corrected chi connectivity index (χ0v) is 13.5. The molecular weight excluding hydrogens is 298 g/mol. The number of benzene rings is 2. The van der Waals surface area contributed by atoms with E-state index in [1.54, 1.807) is 6.07 Å². The number of thiocarbonyl (C=S) groups is 1. The fourth-order valence-corrected chi connectivity index (χ4v) is 2.22. The van der Waals surface area contributed by atoms with Gasteiger partial charge in [-0.2, -0.15) is 0 Å². The summed E-state index contributed by atoms with van der Waals surface area (Å²) in [6, 6.07) is 10.7. The van der Waals surface area contributed by atoms with Crippen LogP contribution < -0.4 is 10.6 Å². The Balaban J connectivity index is 2.17. The van der Waals surface area contributed by atoms with Gasteiger partial charge in [0, 0.05) is 23.5 Å². The van der Waals surface area contributed by atoms with Crippen molar-refractivity contribution in [2.45, 2.75) is 20.8 Å². The molecule has 0 atom stereocenters. The molecule has 22 heavy (non-hydrogen) atoms. The Morgan fingerprint density at radius 3 is 2.14 bits per heavy atom. The van der Waals surface area contributed by atoms with E-state index in [4.69, 9.17) is 12.2 Å². The van der Waals surface area contributed by atoms with Crippen LogP contribution in [-0.2, 0) is 0 Å². The van der Waals surface area contributed by atoms with E-state index in [0.717, 1.165) is 22.4 Å². The zero-order valence-electron chi connectivity index (χ0n) is 12.6. The number of rotatable bonds is 3. The first-order chi connectivity index (χ1) is 10.4. The van der Waals surface area contributed by atoms with E-state index in [2.05, 4.69) is 10.6 Å². The van der Waals surface area contributed by atoms with E-state index in [0.29, 0.717) is 10.8 Å². The van der Waals surface area contributed by atoms with Crippen molar-refractivity contribution < 1.29 is 4.92 Å². The van der Waals surface area contributed by atoms with Gasteiger partial charge in [-0.25, -0.2) is 0 Å². The Hall–Kier alpha value is -2.47. The Labute approximate surface area is 134 Å². The molecule has 2 rings (SSSR count). The van der Waals surface area contributed by atoms with E-state index in [-0.39, 0.29) is 5.69 Å². The molecule has 0 fully saturated rings. The molecular formula is C16H17N3O2S. The largest absolute Gasteiger partial charge is 0.332 e. The number of anilines is 2. The van der Waals surface area contributed by atoms with Gasteiger partial charge in [0.2, 0.25) is 0 Å². The Bertz CT molecular complexity index is 744. The first kappa shape index (κ1) is 15.9. The van der Waals surface area contributed by atoms with Crippen LogP contribution in [-0.4, -0.2) is 10.0 Å². The molecule has 0 saturated heterocycles. The minimum atomic E-state index is -0.425. The lowest BCUT2D eigenvalue weighted by Gasteiger charge is -2.14. The standard InChI is InChI=1S/C16H17N3O2S/c1-10-4-5-11(2)14(8-10)17-16(22)18-15-9-13(19(20)21)7-6-12(15)3/h4-9H,1-3H3,(H2,17,18,22). The number of aryl methyl sites for hydroxylation is 3. The van der Waals surface area contributed by atoms with Crippen molar-refractivity contribution in [1.82, 2.24) is 0 Å². The second-order valence-electron chi connectivity index (χ2n) is 5.15. The number of hydrogen-bond donors (Lipinski definition) is 2. The van der Waals surface area contributed by atoms with Crippen molar-refractivity contribution in [3.8, 4) is 0 Å². The molecule has 0 amide bonds. The molecule has 0 aliphatic rings. The van der Waals surface area contributed by atoms with Crippen LogP contribution in [0, 0.1) is 30.9 Å². The lowest BCUT2D eigenvalue weighted by atomic mass is 10.1. The van der Waals surface area contributed by atoms with Crippen LogP contribution in [0.4, 0.5) is 17.1 Å². The van der Waals surface area contributed by atoms with Crippen LogP contribution in [0.3, 0.4) is 0 Å². The normalized spacial score (nSPS) is 10.1. The number of nitro groups is 1.